The molecular formula is C26H38IN5O. The summed E-state index contributed by atoms with van der Waals surface area (Å²) in [7, 11) is 1.80. The van der Waals surface area contributed by atoms with E-state index >= 15 is 0 Å². The van der Waals surface area contributed by atoms with Gasteiger partial charge < -0.3 is 16.4 Å². The Balaban J connectivity index is 0.00000385. The van der Waals surface area contributed by atoms with Gasteiger partial charge in [0.15, 0.2) is 5.96 Å². The highest BCUT2D eigenvalue weighted by molar-refractivity contribution is 14.0. The number of benzene rings is 2. The van der Waals surface area contributed by atoms with Crippen LogP contribution in [0, 0.1) is 12.8 Å². The summed E-state index contributed by atoms with van der Waals surface area (Å²) in [6.07, 6.45) is 1.93. The number of nitrogens with two attached hydrogens (primary N) is 1. The molecule has 2 aromatic rings. The summed E-state index contributed by atoms with van der Waals surface area (Å²) in [6, 6.07) is 17.3. The number of amides is 1. The van der Waals surface area contributed by atoms with Gasteiger partial charge in [0.25, 0.3) is 0 Å². The molecule has 1 saturated heterocycles. The Morgan fingerprint density at radius 2 is 1.91 bits per heavy atom. The van der Waals surface area contributed by atoms with Crippen LogP contribution in [0.25, 0.3) is 0 Å². The Morgan fingerprint density at radius 3 is 2.61 bits per heavy atom. The number of nitrogens with one attached hydrogen (secondary N) is 2. The molecule has 2 aromatic carbocycles. The van der Waals surface area contributed by atoms with Gasteiger partial charge in [0.2, 0.25) is 5.91 Å². The van der Waals surface area contributed by atoms with Crippen LogP contribution in [0.5, 0.6) is 0 Å². The average Bonchev–Trinajstić information content (AvgIpc) is 2.80. The third kappa shape index (κ3) is 8.62. The summed E-state index contributed by atoms with van der Waals surface area (Å²) in [5, 5.41) is 6.85. The van der Waals surface area contributed by atoms with E-state index in [4.69, 9.17) is 5.73 Å². The molecule has 0 saturated carbocycles. The predicted octanol–water partition coefficient (Wildman–Crippen LogP) is 3.78. The Morgan fingerprint density at radius 1 is 1.18 bits per heavy atom. The lowest BCUT2D eigenvalue weighted by molar-refractivity contribution is -0.123. The number of hydrogen-bond acceptors (Lipinski definition) is 3. The maximum absolute atomic E-state index is 11.5. The van der Waals surface area contributed by atoms with Crippen molar-refractivity contribution in [3.05, 3.63) is 70.8 Å². The Hall–Kier alpha value is -2.13. The molecule has 0 aliphatic carbocycles. The number of carbonyl (C=O) groups is 1. The highest BCUT2D eigenvalue weighted by Crippen LogP contribution is 2.19. The fourth-order valence-corrected chi connectivity index (χ4v) is 4.20. The van der Waals surface area contributed by atoms with Gasteiger partial charge in [0, 0.05) is 33.2 Å². The normalized spacial score (nSPS) is 17.7. The van der Waals surface area contributed by atoms with E-state index in [9.17, 15) is 4.79 Å². The quantitative estimate of drug-likeness (QED) is 0.260. The van der Waals surface area contributed by atoms with Gasteiger partial charge in [-0.2, -0.15) is 0 Å². The first-order valence-electron chi connectivity index (χ1n) is 11.5. The second-order valence-corrected chi connectivity index (χ2v) is 8.91. The van der Waals surface area contributed by atoms with E-state index in [0.29, 0.717) is 12.5 Å². The lowest BCUT2D eigenvalue weighted by Gasteiger charge is -2.31. The van der Waals surface area contributed by atoms with E-state index in [0.717, 1.165) is 45.0 Å². The fraction of sp³-hybridized carbons (Fsp3) is 0.462. The molecule has 33 heavy (non-hydrogen) atoms. The van der Waals surface area contributed by atoms with Gasteiger partial charge >= 0.3 is 0 Å². The molecule has 1 heterocycles. The zero-order valence-electron chi connectivity index (χ0n) is 20.0. The minimum Gasteiger partial charge on any atom is -0.369 e. The van der Waals surface area contributed by atoms with Gasteiger partial charge in [-0.25, -0.2) is 0 Å². The number of piperidine rings is 1. The van der Waals surface area contributed by atoms with Gasteiger partial charge in [-0.05, 0) is 48.9 Å². The van der Waals surface area contributed by atoms with Crippen LogP contribution in [-0.4, -0.2) is 43.4 Å². The van der Waals surface area contributed by atoms with Crippen LogP contribution in [0.1, 0.15) is 47.9 Å². The van der Waals surface area contributed by atoms with E-state index in [-0.39, 0.29) is 35.8 Å². The van der Waals surface area contributed by atoms with Gasteiger partial charge in [0.1, 0.15) is 0 Å². The van der Waals surface area contributed by atoms with Crippen molar-refractivity contribution in [2.45, 2.75) is 45.7 Å². The molecule has 180 valence electrons. The molecule has 2 atom stereocenters. The number of carbonyl (C=O) groups excluding carboxylic acids is 1. The number of nitrogens with zero attached hydrogens (tertiary/aromatic N) is 2. The maximum atomic E-state index is 11.5. The zero-order chi connectivity index (χ0) is 22.9. The molecule has 2 unspecified atom stereocenters. The lowest BCUT2D eigenvalue weighted by Crippen LogP contribution is -2.40. The van der Waals surface area contributed by atoms with Gasteiger partial charge in [-0.15, -0.1) is 24.0 Å². The van der Waals surface area contributed by atoms with Gasteiger partial charge in [0.05, 0.1) is 5.92 Å². The van der Waals surface area contributed by atoms with Gasteiger partial charge in [-0.3, -0.25) is 14.7 Å². The van der Waals surface area contributed by atoms with Crippen LogP contribution >= 0.6 is 24.0 Å². The maximum Gasteiger partial charge on any atom is 0.221 e. The highest BCUT2D eigenvalue weighted by Gasteiger charge is 2.23. The van der Waals surface area contributed by atoms with Crippen molar-refractivity contribution >= 4 is 35.8 Å². The Labute approximate surface area is 215 Å². The minimum absolute atomic E-state index is 0. The second-order valence-electron chi connectivity index (χ2n) is 8.91. The first-order chi connectivity index (χ1) is 15.4. The number of aliphatic imine (C=N–C) groups is 1. The van der Waals surface area contributed by atoms with Crippen LogP contribution < -0.4 is 16.4 Å². The van der Waals surface area contributed by atoms with E-state index in [1.54, 1.807) is 7.05 Å². The molecule has 0 radical (unpaired) electrons. The van der Waals surface area contributed by atoms with Crippen molar-refractivity contribution in [2.24, 2.45) is 16.6 Å². The summed E-state index contributed by atoms with van der Waals surface area (Å²) in [5.41, 5.74) is 10.6. The largest absolute Gasteiger partial charge is 0.369 e. The van der Waals surface area contributed by atoms with E-state index in [1.807, 2.05) is 0 Å². The van der Waals surface area contributed by atoms with Crippen LogP contribution in [0.3, 0.4) is 0 Å². The van der Waals surface area contributed by atoms with Gasteiger partial charge in [-0.1, -0.05) is 61.0 Å². The number of primary amides is 1. The molecule has 0 aromatic heterocycles. The van der Waals surface area contributed by atoms with Crippen molar-refractivity contribution in [3.63, 3.8) is 0 Å². The topological polar surface area (TPSA) is 82.8 Å². The van der Waals surface area contributed by atoms with Crippen LogP contribution in [0.2, 0.25) is 0 Å². The highest BCUT2D eigenvalue weighted by atomic mass is 127. The van der Waals surface area contributed by atoms with E-state index in [2.05, 4.69) is 82.9 Å². The molecule has 4 N–H and O–H groups in total. The number of likely N-dealkylation sites (tertiary alicyclic amines) is 1. The third-order valence-electron chi connectivity index (χ3n) is 6.21. The molecule has 1 amide bonds. The molecular weight excluding hydrogens is 525 g/mol. The molecule has 0 bridgehead atoms. The van der Waals surface area contributed by atoms with Crippen LogP contribution in [0.15, 0.2) is 53.5 Å². The summed E-state index contributed by atoms with van der Waals surface area (Å²) in [6.45, 7) is 8.47. The van der Waals surface area contributed by atoms with E-state index < -0.39 is 0 Å². The smallest absolute Gasteiger partial charge is 0.221 e. The molecule has 0 spiro atoms. The average molecular weight is 564 g/mol. The van der Waals surface area contributed by atoms with Crippen molar-refractivity contribution in [2.75, 3.05) is 26.7 Å². The monoisotopic (exact) mass is 563 g/mol. The number of hydrogen-bond donors (Lipinski definition) is 3. The van der Waals surface area contributed by atoms with Crippen molar-refractivity contribution < 1.29 is 4.79 Å². The van der Waals surface area contributed by atoms with E-state index in [1.165, 1.54) is 22.3 Å². The fourth-order valence-electron chi connectivity index (χ4n) is 4.20. The summed E-state index contributed by atoms with van der Waals surface area (Å²) >= 11 is 0. The number of aryl methyl sites for hydroxylation is 1. The second kappa shape index (κ2) is 13.5. The Bertz CT molecular complexity index is 915. The number of guanidine groups is 1. The van der Waals surface area contributed by atoms with Crippen molar-refractivity contribution in [1.82, 2.24) is 15.5 Å². The molecule has 1 aliphatic rings. The zero-order valence-corrected chi connectivity index (χ0v) is 22.3. The molecule has 3 rings (SSSR count). The first kappa shape index (κ1) is 27.1. The first-order valence-corrected chi connectivity index (χ1v) is 11.5. The predicted molar refractivity (Wildman–Crippen MR) is 147 cm³/mol. The summed E-state index contributed by atoms with van der Waals surface area (Å²) in [4.78, 5) is 18.2. The van der Waals surface area contributed by atoms with Crippen molar-refractivity contribution in [3.8, 4) is 0 Å². The summed E-state index contributed by atoms with van der Waals surface area (Å²) in [5.74, 6) is 0.995. The van der Waals surface area contributed by atoms with Crippen LogP contribution in [0.4, 0.5) is 0 Å². The number of halogens is 1. The third-order valence-corrected chi connectivity index (χ3v) is 6.21. The minimum atomic E-state index is -0.178. The molecule has 1 aliphatic heterocycles. The van der Waals surface area contributed by atoms with Crippen LogP contribution in [-0.2, 0) is 17.9 Å². The number of rotatable bonds is 8. The Kier molecular flexibility index (Phi) is 11.1. The molecule has 7 heteroatoms. The molecule has 6 nitrogen and oxygen atoms in total. The summed E-state index contributed by atoms with van der Waals surface area (Å²) < 4.78 is 0. The SMILES string of the molecule is CN=C(NCc1cccc(CN2CCCC(C(N)=O)C2)c1)NCC(C)c1ccc(C)cc1.I. The standard InChI is InChI=1S/C26H37N5O.HI/c1-19-9-11-23(12-10-19)20(2)15-29-26(28-3)30-16-21-6-4-7-22(14-21)17-31-13-5-8-24(18-31)25(27)32;/h4,6-7,9-12,14,20,24H,5,8,13,15-18H2,1-3H3,(H2,27,32)(H2,28,29,30);1H. The molecule has 1 fully saturated rings. The lowest BCUT2D eigenvalue weighted by atomic mass is 9.97. The van der Waals surface area contributed by atoms with Crippen molar-refractivity contribution in [1.29, 1.82) is 0 Å².